The molecule has 1 saturated heterocycles. The minimum atomic E-state index is -0.271. The van der Waals surface area contributed by atoms with Crippen molar-refractivity contribution in [1.82, 2.24) is 10.2 Å². The summed E-state index contributed by atoms with van der Waals surface area (Å²) in [6, 6.07) is 5.21. The highest BCUT2D eigenvalue weighted by atomic mass is 16.5. The van der Waals surface area contributed by atoms with Gasteiger partial charge in [-0.2, -0.15) is 0 Å². The number of aliphatic hydroxyl groups excluding tert-OH is 1. The molecule has 0 unspecified atom stereocenters. The molecular weight excluding hydrogens is 348 g/mol. The summed E-state index contributed by atoms with van der Waals surface area (Å²) in [6.07, 6.45) is 4.23. The Bertz CT molecular complexity index is 682. The van der Waals surface area contributed by atoms with E-state index in [4.69, 9.17) is 4.74 Å². The van der Waals surface area contributed by atoms with Crippen molar-refractivity contribution in [2.75, 3.05) is 50.1 Å². The summed E-state index contributed by atoms with van der Waals surface area (Å²) < 4.78 is 5.43. The van der Waals surface area contributed by atoms with Crippen molar-refractivity contribution in [1.29, 1.82) is 0 Å². The van der Waals surface area contributed by atoms with E-state index >= 15 is 0 Å². The minimum absolute atomic E-state index is 0.00445. The maximum absolute atomic E-state index is 12.1. The van der Waals surface area contributed by atoms with Crippen molar-refractivity contribution in [3.8, 4) is 5.75 Å². The summed E-state index contributed by atoms with van der Waals surface area (Å²) in [5, 5.41) is 15.1. The average Bonchev–Trinajstić information content (AvgIpc) is 2.68. The first kappa shape index (κ1) is 19.4. The predicted octanol–water partition coefficient (Wildman–Crippen LogP) is 1.40. The Morgan fingerprint density at radius 2 is 2.22 bits per heavy atom. The van der Waals surface area contributed by atoms with Gasteiger partial charge in [-0.3, -0.25) is 9.69 Å². The molecule has 1 aromatic rings. The van der Waals surface area contributed by atoms with Crippen LogP contribution in [0, 0.1) is 0 Å². The number of hydrogen-bond donors (Lipinski definition) is 3. The van der Waals surface area contributed by atoms with E-state index in [1.54, 1.807) is 30.1 Å². The van der Waals surface area contributed by atoms with Crippen LogP contribution in [0.4, 0.5) is 16.2 Å². The van der Waals surface area contributed by atoms with Gasteiger partial charge in [-0.15, -0.1) is 0 Å². The quantitative estimate of drug-likeness (QED) is 0.653. The fourth-order valence-electron chi connectivity index (χ4n) is 3.58. The van der Waals surface area contributed by atoms with Crippen molar-refractivity contribution in [2.24, 2.45) is 0 Å². The second kappa shape index (κ2) is 9.05. The highest BCUT2D eigenvalue weighted by Crippen LogP contribution is 2.33. The van der Waals surface area contributed by atoms with Crippen molar-refractivity contribution in [3.05, 3.63) is 18.2 Å². The largest absolute Gasteiger partial charge is 0.481 e. The summed E-state index contributed by atoms with van der Waals surface area (Å²) in [5.74, 6) is 0.480. The van der Waals surface area contributed by atoms with Gasteiger partial charge in [0, 0.05) is 37.9 Å². The van der Waals surface area contributed by atoms with E-state index in [1.807, 2.05) is 0 Å². The molecule has 0 radical (unpaired) electrons. The molecule has 2 aliphatic rings. The Balaban J connectivity index is 1.42. The first-order valence-corrected chi connectivity index (χ1v) is 9.51. The molecule has 1 fully saturated rings. The lowest BCUT2D eigenvalue weighted by atomic mass is 10.0. The van der Waals surface area contributed by atoms with Crippen LogP contribution in [0.1, 0.15) is 25.7 Å². The number of amides is 3. The molecule has 3 rings (SSSR count). The monoisotopic (exact) mass is 376 g/mol. The van der Waals surface area contributed by atoms with Crippen LogP contribution in [-0.2, 0) is 4.79 Å². The van der Waals surface area contributed by atoms with Gasteiger partial charge >= 0.3 is 6.03 Å². The number of piperidine rings is 1. The number of ether oxygens (including phenoxy) is 1. The molecular formula is C19H28N4O4. The lowest BCUT2D eigenvalue weighted by Gasteiger charge is -2.34. The van der Waals surface area contributed by atoms with Crippen LogP contribution in [0.5, 0.6) is 5.75 Å². The predicted molar refractivity (Wildman–Crippen MR) is 103 cm³/mol. The highest BCUT2D eigenvalue weighted by Gasteiger charge is 2.23. The number of hydrogen-bond acceptors (Lipinski definition) is 5. The average molecular weight is 376 g/mol. The molecule has 27 heavy (non-hydrogen) atoms. The molecule has 0 aliphatic carbocycles. The SMILES string of the molecule is CN1C(=O)COc2cc(NC(=O)NCCCN3CCCC[C@@H]3CO)ccc21. The van der Waals surface area contributed by atoms with Crippen LogP contribution in [0.25, 0.3) is 0 Å². The van der Waals surface area contributed by atoms with Gasteiger partial charge in [-0.1, -0.05) is 6.42 Å². The van der Waals surface area contributed by atoms with Crippen LogP contribution in [0.2, 0.25) is 0 Å². The molecule has 148 valence electrons. The summed E-state index contributed by atoms with van der Waals surface area (Å²) in [4.78, 5) is 27.6. The van der Waals surface area contributed by atoms with Gasteiger partial charge in [-0.25, -0.2) is 4.79 Å². The molecule has 2 aliphatic heterocycles. The van der Waals surface area contributed by atoms with Gasteiger partial charge < -0.3 is 25.4 Å². The van der Waals surface area contributed by atoms with E-state index in [0.29, 0.717) is 23.7 Å². The van der Waals surface area contributed by atoms with Crippen molar-refractivity contribution in [3.63, 3.8) is 0 Å². The zero-order valence-corrected chi connectivity index (χ0v) is 15.7. The number of nitrogens with one attached hydrogen (secondary N) is 2. The molecule has 1 atom stereocenters. The molecule has 8 nitrogen and oxygen atoms in total. The number of aliphatic hydroxyl groups is 1. The van der Waals surface area contributed by atoms with E-state index in [-0.39, 0.29) is 31.2 Å². The second-order valence-corrected chi connectivity index (χ2v) is 7.03. The first-order chi connectivity index (χ1) is 13.1. The van der Waals surface area contributed by atoms with Crippen LogP contribution >= 0.6 is 0 Å². The number of nitrogens with zero attached hydrogens (tertiary/aromatic N) is 2. The molecule has 1 aromatic carbocycles. The number of carbonyl (C=O) groups excluding carboxylic acids is 2. The third-order valence-electron chi connectivity index (χ3n) is 5.17. The molecule has 3 N–H and O–H groups in total. The normalized spacial score (nSPS) is 20.0. The van der Waals surface area contributed by atoms with E-state index in [1.165, 1.54) is 12.8 Å². The summed E-state index contributed by atoms with van der Waals surface area (Å²) in [6.45, 7) is 2.67. The number of fused-ring (bicyclic) bond motifs is 1. The number of benzene rings is 1. The Hall–Kier alpha value is -2.32. The van der Waals surface area contributed by atoms with Crippen LogP contribution in [-0.4, -0.2) is 67.9 Å². The van der Waals surface area contributed by atoms with Crippen molar-refractivity contribution in [2.45, 2.75) is 31.7 Å². The van der Waals surface area contributed by atoms with Gasteiger partial charge in [0.15, 0.2) is 6.61 Å². The fourth-order valence-corrected chi connectivity index (χ4v) is 3.58. The lowest BCUT2D eigenvalue weighted by Crippen LogP contribution is -2.43. The highest BCUT2D eigenvalue weighted by molar-refractivity contribution is 5.98. The van der Waals surface area contributed by atoms with E-state index in [9.17, 15) is 14.7 Å². The van der Waals surface area contributed by atoms with Crippen LogP contribution < -0.4 is 20.3 Å². The maximum Gasteiger partial charge on any atom is 0.319 e. The minimum Gasteiger partial charge on any atom is -0.481 e. The second-order valence-electron chi connectivity index (χ2n) is 7.03. The van der Waals surface area contributed by atoms with Gasteiger partial charge in [0.1, 0.15) is 5.75 Å². The number of anilines is 2. The van der Waals surface area contributed by atoms with Gasteiger partial charge in [0.05, 0.1) is 12.3 Å². The van der Waals surface area contributed by atoms with E-state index < -0.39 is 0 Å². The first-order valence-electron chi connectivity index (χ1n) is 9.51. The standard InChI is InChI=1S/C19H28N4O4/c1-22-16-7-6-14(11-17(16)27-13-18(22)25)21-19(26)20-8-4-10-23-9-3-2-5-15(23)12-24/h6-7,11,15,24H,2-5,8-10,12-13H2,1H3,(H2,20,21,26)/t15-/m1/s1. The van der Waals surface area contributed by atoms with E-state index in [2.05, 4.69) is 15.5 Å². The third-order valence-corrected chi connectivity index (χ3v) is 5.17. The lowest BCUT2D eigenvalue weighted by molar-refractivity contribution is -0.120. The van der Waals surface area contributed by atoms with Crippen LogP contribution in [0.15, 0.2) is 18.2 Å². The van der Waals surface area contributed by atoms with Crippen molar-refractivity contribution < 1.29 is 19.4 Å². The maximum atomic E-state index is 12.1. The Morgan fingerprint density at radius 3 is 3.04 bits per heavy atom. The van der Waals surface area contributed by atoms with Gasteiger partial charge in [-0.05, 0) is 37.9 Å². The summed E-state index contributed by atoms with van der Waals surface area (Å²) in [7, 11) is 1.70. The number of likely N-dealkylation sites (tertiary alicyclic amines) is 1. The molecule has 8 heteroatoms. The van der Waals surface area contributed by atoms with Crippen molar-refractivity contribution >= 4 is 23.3 Å². The fraction of sp³-hybridized carbons (Fsp3) is 0.579. The number of urea groups is 1. The topological polar surface area (TPSA) is 94.1 Å². The molecule has 0 saturated carbocycles. The number of rotatable bonds is 6. The van der Waals surface area contributed by atoms with Gasteiger partial charge in [0.25, 0.3) is 5.91 Å². The number of likely N-dealkylation sites (N-methyl/N-ethyl adjacent to an activating group) is 1. The Labute approximate surface area is 159 Å². The smallest absolute Gasteiger partial charge is 0.319 e. The van der Waals surface area contributed by atoms with Crippen LogP contribution in [0.3, 0.4) is 0 Å². The number of carbonyl (C=O) groups is 2. The zero-order valence-electron chi connectivity index (χ0n) is 15.7. The molecule has 3 amide bonds. The summed E-state index contributed by atoms with van der Waals surface area (Å²) >= 11 is 0. The zero-order chi connectivity index (χ0) is 19.2. The third kappa shape index (κ3) is 4.90. The Kier molecular flexibility index (Phi) is 6.52. The van der Waals surface area contributed by atoms with Gasteiger partial charge in [0.2, 0.25) is 0 Å². The molecule has 0 spiro atoms. The Morgan fingerprint density at radius 1 is 1.37 bits per heavy atom. The molecule has 2 heterocycles. The molecule has 0 bridgehead atoms. The van der Waals surface area contributed by atoms with E-state index in [0.717, 1.165) is 25.9 Å². The molecule has 0 aromatic heterocycles. The summed E-state index contributed by atoms with van der Waals surface area (Å²) in [5.41, 5.74) is 1.31.